The SMILES string of the molecule is CC(Nc1cccc(F)n1)c1cc(O)cc(O)c1. The van der Waals surface area contributed by atoms with E-state index in [-0.39, 0.29) is 17.5 Å². The number of hydrogen-bond donors (Lipinski definition) is 3. The Labute approximate surface area is 104 Å². The molecular formula is C13H13FN2O2. The highest BCUT2D eigenvalue weighted by molar-refractivity contribution is 5.42. The topological polar surface area (TPSA) is 65.4 Å². The highest BCUT2D eigenvalue weighted by Gasteiger charge is 2.09. The van der Waals surface area contributed by atoms with Crippen LogP contribution in [0.25, 0.3) is 0 Å². The number of nitrogens with one attached hydrogen (secondary N) is 1. The van der Waals surface area contributed by atoms with Gasteiger partial charge in [0.15, 0.2) is 0 Å². The lowest BCUT2D eigenvalue weighted by molar-refractivity contribution is 0.448. The lowest BCUT2D eigenvalue weighted by atomic mass is 10.1. The van der Waals surface area contributed by atoms with E-state index in [9.17, 15) is 14.6 Å². The van der Waals surface area contributed by atoms with E-state index in [0.29, 0.717) is 11.4 Å². The molecule has 94 valence electrons. The normalized spacial score (nSPS) is 12.1. The van der Waals surface area contributed by atoms with Crippen molar-refractivity contribution in [2.75, 3.05) is 5.32 Å². The predicted molar refractivity (Wildman–Crippen MR) is 66.0 cm³/mol. The second-order valence-corrected chi connectivity index (χ2v) is 3.99. The summed E-state index contributed by atoms with van der Waals surface area (Å²) in [7, 11) is 0. The van der Waals surface area contributed by atoms with Gasteiger partial charge in [-0.05, 0) is 36.8 Å². The zero-order valence-electron chi connectivity index (χ0n) is 9.76. The molecule has 1 aromatic heterocycles. The Balaban J connectivity index is 2.19. The number of halogens is 1. The van der Waals surface area contributed by atoms with Crippen molar-refractivity contribution in [3.8, 4) is 11.5 Å². The maximum Gasteiger partial charge on any atom is 0.214 e. The Hall–Kier alpha value is -2.30. The van der Waals surface area contributed by atoms with Crippen molar-refractivity contribution in [3.63, 3.8) is 0 Å². The van der Waals surface area contributed by atoms with E-state index < -0.39 is 5.95 Å². The van der Waals surface area contributed by atoms with E-state index in [1.807, 2.05) is 6.92 Å². The molecule has 1 unspecified atom stereocenters. The maximum absolute atomic E-state index is 12.9. The van der Waals surface area contributed by atoms with E-state index >= 15 is 0 Å². The summed E-state index contributed by atoms with van der Waals surface area (Å²) in [5.41, 5.74) is 0.679. The summed E-state index contributed by atoms with van der Waals surface area (Å²) in [5, 5.41) is 21.8. The molecule has 4 nitrogen and oxygen atoms in total. The van der Waals surface area contributed by atoms with Gasteiger partial charge in [-0.1, -0.05) is 6.07 Å². The minimum atomic E-state index is -0.564. The van der Waals surface area contributed by atoms with Crippen LogP contribution >= 0.6 is 0 Å². The number of aromatic nitrogens is 1. The van der Waals surface area contributed by atoms with E-state index in [0.717, 1.165) is 0 Å². The van der Waals surface area contributed by atoms with Crippen molar-refractivity contribution in [2.45, 2.75) is 13.0 Å². The molecule has 1 heterocycles. The van der Waals surface area contributed by atoms with Crippen LogP contribution in [0.2, 0.25) is 0 Å². The number of phenols is 2. The van der Waals surface area contributed by atoms with Crippen LogP contribution in [-0.4, -0.2) is 15.2 Å². The average molecular weight is 248 g/mol. The summed E-state index contributed by atoms with van der Waals surface area (Å²) in [6.45, 7) is 1.82. The van der Waals surface area contributed by atoms with Gasteiger partial charge >= 0.3 is 0 Å². The summed E-state index contributed by atoms with van der Waals surface area (Å²) in [4.78, 5) is 3.68. The molecule has 5 heteroatoms. The fraction of sp³-hybridized carbons (Fsp3) is 0.154. The van der Waals surface area contributed by atoms with Crippen LogP contribution < -0.4 is 5.32 Å². The first-order valence-corrected chi connectivity index (χ1v) is 5.46. The lowest BCUT2D eigenvalue weighted by Crippen LogP contribution is -2.08. The Kier molecular flexibility index (Phi) is 3.32. The molecular weight excluding hydrogens is 235 g/mol. The second kappa shape index (κ2) is 4.91. The first-order chi connectivity index (χ1) is 8.54. The Morgan fingerprint density at radius 2 is 1.83 bits per heavy atom. The minimum Gasteiger partial charge on any atom is -0.508 e. The number of nitrogens with zero attached hydrogens (tertiary/aromatic N) is 1. The van der Waals surface area contributed by atoms with Gasteiger partial charge in [-0.2, -0.15) is 4.39 Å². The van der Waals surface area contributed by atoms with Crippen molar-refractivity contribution < 1.29 is 14.6 Å². The maximum atomic E-state index is 12.9. The molecule has 0 aliphatic heterocycles. The van der Waals surface area contributed by atoms with Crippen molar-refractivity contribution in [3.05, 3.63) is 47.9 Å². The monoisotopic (exact) mass is 248 g/mol. The standard InChI is InChI=1S/C13H13FN2O2/c1-8(9-5-10(17)7-11(18)6-9)15-13-4-2-3-12(14)16-13/h2-8,17-18H,1H3,(H,15,16). The third kappa shape index (κ3) is 2.88. The van der Waals surface area contributed by atoms with E-state index in [4.69, 9.17) is 0 Å². The first kappa shape index (κ1) is 12.2. The van der Waals surface area contributed by atoms with Gasteiger partial charge in [0.1, 0.15) is 17.3 Å². The summed E-state index contributed by atoms with van der Waals surface area (Å²) in [6.07, 6.45) is 0. The molecule has 3 N–H and O–H groups in total. The number of pyridine rings is 1. The molecule has 0 saturated carbocycles. The highest BCUT2D eigenvalue weighted by atomic mass is 19.1. The molecule has 2 aromatic rings. The summed E-state index contributed by atoms with van der Waals surface area (Å²) < 4.78 is 12.9. The van der Waals surface area contributed by atoms with Crippen molar-refractivity contribution >= 4 is 5.82 Å². The van der Waals surface area contributed by atoms with E-state index in [1.54, 1.807) is 12.1 Å². The van der Waals surface area contributed by atoms with E-state index in [1.165, 1.54) is 24.3 Å². The molecule has 0 aliphatic carbocycles. The predicted octanol–water partition coefficient (Wildman–Crippen LogP) is 2.81. The third-order valence-corrected chi connectivity index (χ3v) is 2.50. The molecule has 0 bridgehead atoms. The van der Waals surface area contributed by atoms with Gasteiger partial charge in [-0.3, -0.25) is 0 Å². The number of phenolic OH excluding ortho intramolecular Hbond substituents is 2. The molecule has 0 aliphatic rings. The van der Waals surface area contributed by atoms with Gasteiger partial charge < -0.3 is 15.5 Å². The van der Waals surface area contributed by atoms with Gasteiger partial charge in [0, 0.05) is 6.07 Å². The molecule has 0 fully saturated rings. The van der Waals surface area contributed by atoms with Crippen LogP contribution in [0.15, 0.2) is 36.4 Å². The summed E-state index contributed by atoms with van der Waals surface area (Å²) in [6, 6.07) is 8.52. The van der Waals surface area contributed by atoms with Crippen LogP contribution in [-0.2, 0) is 0 Å². The largest absolute Gasteiger partial charge is 0.508 e. The lowest BCUT2D eigenvalue weighted by Gasteiger charge is -2.15. The summed E-state index contributed by atoms with van der Waals surface area (Å²) in [5.74, 6) is -0.215. The van der Waals surface area contributed by atoms with Crippen LogP contribution in [0.3, 0.4) is 0 Å². The minimum absolute atomic E-state index is 0.0224. The molecule has 2 rings (SSSR count). The number of rotatable bonds is 3. The molecule has 1 aromatic carbocycles. The van der Waals surface area contributed by atoms with Gasteiger partial charge in [0.05, 0.1) is 6.04 Å². The number of anilines is 1. The molecule has 0 radical (unpaired) electrons. The smallest absolute Gasteiger partial charge is 0.214 e. The molecule has 0 spiro atoms. The zero-order chi connectivity index (χ0) is 13.1. The molecule has 0 saturated heterocycles. The van der Waals surface area contributed by atoms with Gasteiger partial charge in [0.25, 0.3) is 0 Å². The molecule has 1 atom stereocenters. The zero-order valence-corrected chi connectivity index (χ0v) is 9.76. The van der Waals surface area contributed by atoms with E-state index in [2.05, 4.69) is 10.3 Å². The Morgan fingerprint density at radius 1 is 1.17 bits per heavy atom. The van der Waals surface area contributed by atoms with Crippen molar-refractivity contribution in [1.82, 2.24) is 4.98 Å². The van der Waals surface area contributed by atoms with Gasteiger partial charge in [0.2, 0.25) is 5.95 Å². The van der Waals surface area contributed by atoms with Crippen molar-refractivity contribution in [1.29, 1.82) is 0 Å². The first-order valence-electron chi connectivity index (χ1n) is 5.46. The molecule has 0 amide bonds. The van der Waals surface area contributed by atoms with Crippen LogP contribution in [0.1, 0.15) is 18.5 Å². The average Bonchev–Trinajstić information content (AvgIpc) is 2.27. The molecule has 18 heavy (non-hydrogen) atoms. The van der Waals surface area contributed by atoms with Crippen molar-refractivity contribution in [2.24, 2.45) is 0 Å². The van der Waals surface area contributed by atoms with Crippen LogP contribution in [0.5, 0.6) is 11.5 Å². The highest BCUT2D eigenvalue weighted by Crippen LogP contribution is 2.26. The van der Waals surface area contributed by atoms with Gasteiger partial charge in [-0.15, -0.1) is 0 Å². The summed E-state index contributed by atoms with van der Waals surface area (Å²) >= 11 is 0. The quantitative estimate of drug-likeness (QED) is 0.731. The number of aromatic hydroxyl groups is 2. The number of hydrogen-bond acceptors (Lipinski definition) is 4. The number of benzene rings is 1. The van der Waals surface area contributed by atoms with Gasteiger partial charge in [-0.25, -0.2) is 4.98 Å². The van der Waals surface area contributed by atoms with Crippen LogP contribution in [0, 0.1) is 5.95 Å². The van der Waals surface area contributed by atoms with Crippen LogP contribution in [0.4, 0.5) is 10.2 Å². The second-order valence-electron chi connectivity index (χ2n) is 3.99. The fourth-order valence-electron chi connectivity index (χ4n) is 1.66. The third-order valence-electron chi connectivity index (χ3n) is 2.50. The Morgan fingerprint density at radius 3 is 2.44 bits per heavy atom. The Bertz CT molecular complexity index is 540. The fourth-order valence-corrected chi connectivity index (χ4v) is 1.66.